The van der Waals surface area contributed by atoms with Crippen molar-refractivity contribution in [2.75, 3.05) is 39.4 Å². The van der Waals surface area contributed by atoms with Crippen molar-refractivity contribution in [2.45, 2.75) is 80.7 Å². The first kappa shape index (κ1) is 33.8. The maximum absolute atomic E-state index is 14.8. The predicted octanol–water partition coefficient (Wildman–Crippen LogP) is 4.89. The molecule has 3 aromatic carbocycles. The molecule has 0 saturated carbocycles. The minimum absolute atomic E-state index is 0.0408. The Balaban J connectivity index is 1.19. The Hall–Kier alpha value is -4.47. The zero-order valence-electron chi connectivity index (χ0n) is 31.1. The Kier molecular flexibility index (Phi) is 6.83. The molecule has 286 valence electrons. The second kappa shape index (κ2) is 11.1. The minimum atomic E-state index is -1.38. The number of benzene rings is 3. The molecule has 1 spiro atoms. The van der Waals surface area contributed by atoms with E-state index in [-0.39, 0.29) is 31.4 Å². The van der Waals surface area contributed by atoms with Crippen LogP contribution in [0, 0.1) is 13.8 Å². The van der Waals surface area contributed by atoms with Gasteiger partial charge in [0, 0.05) is 77.0 Å². The highest BCUT2D eigenvalue weighted by Gasteiger charge is 2.72. The van der Waals surface area contributed by atoms with Crippen molar-refractivity contribution in [3.05, 3.63) is 75.0 Å². The summed E-state index contributed by atoms with van der Waals surface area (Å²) in [6, 6.07) is 8.19. The molecule has 9 heterocycles. The number of furan rings is 1. The van der Waals surface area contributed by atoms with Crippen LogP contribution in [-0.4, -0.2) is 83.1 Å². The van der Waals surface area contributed by atoms with Gasteiger partial charge in [-0.3, -0.25) is 19.9 Å². The summed E-state index contributed by atoms with van der Waals surface area (Å²) in [6.45, 7) is 7.90. The van der Waals surface area contributed by atoms with E-state index < -0.39 is 52.1 Å². The number of esters is 2. The second-order valence-corrected chi connectivity index (χ2v) is 17.3. The average molecular weight is 768 g/mol. The van der Waals surface area contributed by atoms with E-state index in [4.69, 9.17) is 28.1 Å². The lowest BCUT2D eigenvalue weighted by Gasteiger charge is -2.59. The average Bonchev–Trinajstić information content (AvgIpc) is 3.90. The van der Waals surface area contributed by atoms with Gasteiger partial charge in [-0.15, -0.1) is 11.8 Å². The Morgan fingerprint density at radius 2 is 1.89 bits per heavy atom. The number of rotatable bonds is 2. The highest BCUT2D eigenvalue weighted by Crippen LogP contribution is 2.71. The minimum Gasteiger partial charge on any atom is -0.504 e. The molecule has 8 aliphatic heterocycles. The van der Waals surface area contributed by atoms with Crippen LogP contribution in [0.1, 0.15) is 82.3 Å². The van der Waals surface area contributed by atoms with Crippen LogP contribution >= 0.6 is 11.8 Å². The summed E-state index contributed by atoms with van der Waals surface area (Å²) >= 11 is 1.52. The van der Waals surface area contributed by atoms with Crippen LogP contribution in [0.5, 0.6) is 28.7 Å². The van der Waals surface area contributed by atoms with Gasteiger partial charge >= 0.3 is 11.9 Å². The van der Waals surface area contributed by atoms with Crippen LogP contribution in [0.15, 0.2) is 34.7 Å². The van der Waals surface area contributed by atoms with E-state index in [0.29, 0.717) is 64.9 Å². The second-order valence-electron chi connectivity index (χ2n) is 16.2. The molecule has 8 aliphatic rings. The number of methoxy groups -OCH3 is 1. The van der Waals surface area contributed by atoms with Crippen molar-refractivity contribution < 1.29 is 47.9 Å². The molecule has 3 saturated heterocycles. The van der Waals surface area contributed by atoms with E-state index in [1.807, 2.05) is 38.1 Å². The molecule has 14 heteroatoms. The Morgan fingerprint density at radius 3 is 2.69 bits per heavy atom. The number of thioether (sulfide) groups is 1. The summed E-state index contributed by atoms with van der Waals surface area (Å²) in [7, 11) is 1.56. The fraction of sp³-hybridized carbons (Fsp3) is 0.463. The molecule has 12 rings (SSSR count). The van der Waals surface area contributed by atoms with Crippen molar-refractivity contribution in [2.24, 2.45) is 0 Å². The molecule has 4 bridgehead atoms. The summed E-state index contributed by atoms with van der Waals surface area (Å²) in [5.41, 5.74) is 2.81. The molecular weight excluding hydrogens is 727 g/mol. The van der Waals surface area contributed by atoms with E-state index in [9.17, 15) is 19.8 Å². The topological polar surface area (TPSA) is 152 Å². The molecule has 3 N–H and O–H groups in total. The lowest BCUT2D eigenvalue weighted by Crippen LogP contribution is -2.67. The molecule has 3 fully saturated rings. The summed E-state index contributed by atoms with van der Waals surface area (Å²) in [4.78, 5) is 32.2. The molecular formula is C41H41N3O10S. The van der Waals surface area contributed by atoms with E-state index in [1.54, 1.807) is 7.11 Å². The third-order valence-corrected chi connectivity index (χ3v) is 14.8. The number of piperazine rings is 1. The van der Waals surface area contributed by atoms with Crippen LogP contribution in [0.2, 0.25) is 0 Å². The first-order chi connectivity index (χ1) is 26.4. The van der Waals surface area contributed by atoms with Crippen LogP contribution < -0.4 is 24.3 Å². The fourth-order valence-corrected chi connectivity index (χ4v) is 13.0. The number of carbonyl (C=O) groups is 2. The predicted molar refractivity (Wildman–Crippen MR) is 198 cm³/mol. The third kappa shape index (κ3) is 4.08. The SMILES string of the molecule is COc1c(C)cc2c(c1O)[C@@H]1C3[C@@H]4SC[C@]5(NCCc6c5oc5ccccc65)C(=O)OC[C@@H](c5c6c(c(C)c(OC(C)=O)c54)OCO6)N3C3(O)CN1C2(C)C3. The van der Waals surface area contributed by atoms with Gasteiger partial charge < -0.3 is 38.3 Å². The highest BCUT2D eigenvalue weighted by atomic mass is 32.2. The number of nitrogens with one attached hydrogen (secondary N) is 1. The number of fused-ring (bicyclic) bond motifs is 11. The number of aryl methyl sites for hydroxylation is 1. The summed E-state index contributed by atoms with van der Waals surface area (Å²) in [5.74, 6) is 1.54. The maximum atomic E-state index is 14.8. The van der Waals surface area contributed by atoms with Gasteiger partial charge in [0.1, 0.15) is 29.4 Å². The molecule has 1 aromatic heterocycles. The first-order valence-corrected chi connectivity index (χ1v) is 19.8. The summed E-state index contributed by atoms with van der Waals surface area (Å²) in [6.07, 6.45) is 1.01. The van der Waals surface area contributed by atoms with Crippen molar-refractivity contribution in [1.29, 1.82) is 0 Å². The molecule has 55 heavy (non-hydrogen) atoms. The number of ether oxygens (including phenoxy) is 5. The normalized spacial score (nSPS) is 32.6. The number of hydrogen-bond acceptors (Lipinski definition) is 14. The Morgan fingerprint density at radius 1 is 1.09 bits per heavy atom. The number of carbonyl (C=O) groups excluding carboxylic acids is 2. The van der Waals surface area contributed by atoms with Gasteiger partial charge in [0.25, 0.3) is 0 Å². The van der Waals surface area contributed by atoms with Crippen LogP contribution in [0.3, 0.4) is 0 Å². The van der Waals surface area contributed by atoms with E-state index in [1.165, 1.54) is 18.7 Å². The molecule has 0 aliphatic carbocycles. The van der Waals surface area contributed by atoms with Crippen molar-refractivity contribution in [1.82, 2.24) is 15.1 Å². The quantitative estimate of drug-likeness (QED) is 0.187. The monoisotopic (exact) mass is 767 g/mol. The molecule has 0 radical (unpaired) electrons. The van der Waals surface area contributed by atoms with Crippen LogP contribution in [0.25, 0.3) is 11.0 Å². The van der Waals surface area contributed by atoms with E-state index in [2.05, 4.69) is 28.1 Å². The maximum Gasteiger partial charge on any atom is 0.335 e. The lowest BCUT2D eigenvalue weighted by molar-refractivity contribution is -0.196. The van der Waals surface area contributed by atoms with Crippen molar-refractivity contribution >= 4 is 34.7 Å². The van der Waals surface area contributed by atoms with Gasteiger partial charge in [-0.1, -0.05) is 18.2 Å². The number of phenolic OH excluding ortho intramolecular Hbond substituents is 1. The van der Waals surface area contributed by atoms with E-state index >= 15 is 0 Å². The fourth-order valence-electron chi connectivity index (χ4n) is 11.4. The largest absolute Gasteiger partial charge is 0.504 e. The van der Waals surface area contributed by atoms with Crippen molar-refractivity contribution in [3.8, 4) is 28.7 Å². The standard InChI is InChI=1S/C41H41N3O10S/c1-18-12-23-26(31(46)32(18)49-5)29-30-36-28-27(35-34(51-17-52-35)19(2)33(28)53-20(3)45)24(44(30)40(48)14-39(23,4)43(29)15-40)13-50-38(47)41(16-55-36)37-22(10-11-42-41)21-8-6-7-9-25(21)54-37/h6-9,12,24,29-30,36,42,46,48H,10-11,13-17H2,1-5H3/t24-,29+,30?,36+,39?,40?,41+/m0/s1. The molecule has 13 nitrogen and oxygen atoms in total. The number of phenols is 1. The first-order valence-electron chi connectivity index (χ1n) is 18.8. The number of aliphatic hydroxyl groups is 1. The Bertz CT molecular complexity index is 2420. The van der Waals surface area contributed by atoms with Gasteiger partial charge in [0.15, 0.2) is 28.5 Å². The summed E-state index contributed by atoms with van der Waals surface area (Å²) in [5, 5.41) is 29.2. The zero-order valence-corrected chi connectivity index (χ0v) is 31.9. The number of para-hydroxylation sites is 1. The molecule has 3 unspecified atom stereocenters. The Labute approximate surface area is 320 Å². The third-order valence-electron chi connectivity index (χ3n) is 13.4. The smallest absolute Gasteiger partial charge is 0.335 e. The van der Waals surface area contributed by atoms with Gasteiger partial charge in [0.05, 0.1) is 24.4 Å². The van der Waals surface area contributed by atoms with Crippen molar-refractivity contribution in [3.63, 3.8) is 0 Å². The highest BCUT2D eigenvalue weighted by molar-refractivity contribution is 7.99. The van der Waals surface area contributed by atoms with Gasteiger partial charge in [-0.2, -0.15) is 0 Å². The van der Waals surface area contributed by atoms with Gasteiger partial charge in [0.2, 0.25) is 6.79 Å². The van der Waals surface area contributed by atoms with Crippen LogP contribution in [-0.2, 0) is 31.8 Å². The number of hydrogen-bond donors (Lipinski definition) is 3. The lowest BCUT2D eigenvalue weighted by atomic mass is 9.75. The molecule has 4 aromatic rings. The van der Waals surface area contributed by atoms with E-state index in [0.717, 1.165) is 33.2 Å². The molecule has 0 amide bonds. The van der Waals surface area contributed by atoms with Gasteiger partial charge in [-0.25, -0.2) is 4.79 Å². The molecule has 7 atom stereocenters. The zero-order chi connectivity index (χ0) is 37.9. The number of aromatic hydroxyl groups is 1. The summed E-state index contributed by atoms with van der Waals surface area (Å²) < 4.78 is 37.3. The number of nitrogens with zero attached hydrogens (tertiary/aromatic N) is 2. The van der Waals surface area contributed by atoms with Gasteiger partial charge in [-0.05, 0) is 50.5 Å². The van der Waals surface area contributed by atoms with Crippen LogP contribution in [0.4, 0.5) is 0 Å².